The van der Waals surface area contributed by atoms with Crippen molar-refractivity contribution in [2.45, 2.75) is 65.5 Å². The van der Waals surface area contributed by atoms with Gasteiger partial charge in [-0.3, -0.25) is 4.79 Å². The maximum atomic E-state index is 13.4. The van der Waals surface area contributed by atoms with E-state index in [9.17, 15) is 9.59 Å². The average Bonchev–Trinajstić information content (AvgIpc) is 3.18. The summed E-state index contributed by atoms with van der Waals surface area (Å²) in [5.74, 6) is 1.11. The van der Waals surface area contributed by atoms with Crippen molar-refractivity contribution in [2.75, 3.05) is 149 Å². The number of ether oxygens (including phenoxy) is 9. The molecule has 1 aliphatic rings. The van der Waals surface area contributed by atoms with Gasteiger partial charge >= 0.3 is 6.09 Å². The van der Waals surface area contributed by atoms with Crippen LogP contribution in [-0.4, -0.2) is 170 Å². The number of anilines is 2. The van der Waals surface area contributed by atoms with E-state index in [0.29, 0.717) is 141 Å². The number of unbranched alkanes of at least 4 members (excludes halogenated alkanes) is 1. The first-order chi connectivity index (χ1) is 28.2. The number of pyridine rings is 1. The molecule has 0 unspecified atom stereocenters. The first-order valence-corrected chi connectivity index (χ1v) is 20.9. The van der Waals surface area contributed by atoms with E-state index in [0.717, 1.165) is 51.9 Å². The molecule has 0 radical (unpaired) electrons. The largest absolute Gasteiger partial charge is 0.444 e. The normalized spacial score (nSPS) is 14.0. The van der Waals surface area contributed by atoms with Gasteiger partial charge in [0.2, 0.25) is 5.95 Å². The summed E-state index contributed by atoms with van der Waals surface area (Å²) in [6.45, 7) is 20.1. The van der Waals surface area contributed by atoms with Gasteiger partial charge < -0.3 is 68.5 Å². The van der Waals surface area contributed by atoms with Crippen LogP contribution in [0.3, 0.4) is 0 Å². The molecule has 3 rings (SSSR count). The van der Waals surface area contributed by atoms with Gasteiger partial charge in [-0.25, -0.2) is 9.78 Å². The number of alkyl carbamates (subject to hydrolysis) is 1. The number of hydrogen-bond donors (Lipinski definition) is 3. The Morgan fingerprint density at radius 2 is 1.26 bits per heavy atom. The third-order valence-corrected chi connectivity index (χ3v) is 8.90. The topological polar surface area (TPSA) is 201 Å². The molecule has 0 aromatic carbocycles. The van der Waals surface area contributed by atoms with Gasteiger partial charge in [0, 0.05) is 32.4 Å². The lowest BCUT2D eigenvalue weighted by Gasteiger charge is -2.32. The minimum absolute atomic E-state index is 0.0734. The van der Waals surface area contributed by atoms with Crippen LogP contribution >= 0.6 is 0 Å². The zero-order valence-electron chi connectivity index (χ0n) is 35.5. The standard InChI is InChI=1S/C40H71N7O11/c1-5-6-10-42-36-35-34(44-38(41)45-36)9-14-47(37(35)48)32-33-7-12-46(13-8-33)15-17-51-19-21-53-23-25-55-27-29-57-31-30-56-28-26-54-24-22-52-20-18-50-16-11-43-39(49)58-40(2,3)4/h9,14,33H,5-8,10-13,15-32H2,1-4H3,(H,43,49)(H3,41,42,44,45). The number of carbonyl (C=O) groups excluding carboxylic acids is 1. The average molecular weight is 826 g/mol. The van der Waals surface area contributed by atoms with Crippen molar-refractivity contribution >= 4 is 28.8 Å². The first-order valence-electron chi connectivity index (χ1n) is 20.9. The highest BCUT2D eigenvalue weighted by Gasteiger charge is 2.21. The molecule has 58 heavy (non-hydrogen) atoms. The Hall–Kier alpha value is -3.20. The van der Waals surface area contributed by atoms with Crippen LogP contribution in [0.5, 0.6) is 0 Å². The van der Waals surface area contributed by atoms with E-state index in [1.807, 2.05) is 33.0 Å². The van der Waals surface area contributed by atoms with E-state index in [-0.39, 0.29) is 11.5 Å². The third kappa shape index (κ3) is 22.2. The van der Waals surface area contributed by atoms with Gasteiger partial charge in [0.05, 0.1) is 111 Å². The minimum atomic E-state index is -0.516. The summed E-state index contributed by atoms with van der Waals surface area (Å²) < 4.78 is 51.3. The van der Waals surface area contributed by atoms with E-state index >= 15 is 0 Å². The van der Waals surface area contributed by atoms with E-state index in [1.54, 1.807) is 4.57 Å². The lowest BCUT2D eigenvalue weighted by Crippen LogP contribution is -2.38. The molecule has 0 spiro atoms. The molecule has 18 nitrogen and oxygen atoms in total. The molecule has 0 bridgehead atoms. The Labute approximate surface area is 344 Å². The van der Waals surface area contributed by atoms with Crippen LogP contribution in [0.4, 0.5) is 16.6 Å². The zero-order chi connectivity index (χ0) is 41.7. The van der Waals surface area contributed by atoms with Crippen LogP contribution < -0.4 is 21.9 Å². The molecular formula is C40H71N7O11. The number of hydrogen-bond acceptors (Lipinski definition) is 16. The third-order valence-electron chi connectivity index (χ3n) is 8.90. The van der Waals surface area contributed by atoms with Crippen molar-refractivity contribution < 1.29 is 47.4 Å². The summed E-state index contributed by atoms with van der Waals surface area (Å²) in [4.78, 5) is 36.0. The van der Waals surface area contributed by atoms with E-state index < -0.39 is 11.7 Å². The van der Waals surface area contributed by atoms with Crippen molar-refractivity contribution in [3.05, 3.63) is 22.6 Å². The number of nitrogens with one attached hydrogen (secondary N) is 2. The molecule has 1 saturated heterocycles. The molecule has 1 fully saturated rings. The first kappa shape index (κ1) is 49.2. The van der Waals surface area contributed by atoms with E-state index in [1.165, 1.54) is 0 Å². The summed E-state index contributed by atoms with van der Waals surface area (Å²) in [6.07, 6.45) is 5.45. The fourth-order valence-corrected chi connectivity index (χ4v) is 5.90. The molecule has 2 aromatic heterocycles. The van der Waals surface area contributed by atoms with Crippen molar-refractivity contribution in [3.8, 4) is 0 Å². The van der Waals surface area contributed by atoms with Crippen molar-refractivity contribution in [1.82, 2.24) is 24.8 Å². The Kier molecular flexibility index (Phi) is 25.4. The number of likely N-dealkylation sites (tertiary alicyclic amines) is 1. The number of carbonyl (C=O) groups is 1. The van der Waals surface area contributed by atoms with Gasteiger partial charge in [-0.2, -0.15) is 4.98 Å². The van der Waals surface area contributed by atoms with E-state index in [4.69, 9.17) is 48.4 Å². The number of nitrogens with two attached hydrogens (primary N) is 1. The number of nitrogen functional groups attached to an aromatic ring is 1. The molecule has 332 valence electrons. The summed E-state index contributed by atoms with van der Waals surface area (Å²) in [6, 6.07) is 1.86. The second kappa shape index (κ2) is 29.9. The zero-order valence-corrected chi connectivity index (χ0v) is 35.5. The van der Waals surface area contributed by atoms with Crippen LogP contribution in [0.1, 0.15) is 53.4 Å². The van der Waals surface area contributed by atoms with Crippen LogP contribution in [0.15, 0.2) is 17.1 Å². The molecule has 2 aromatic rings. The Balaban J connectivity index is 1.03. The molecule has 18 heteroatoms. The number of amides is 1. The summed E-state index contributed by atoms with van der Waals surface area (Å²) in [7, 11) is 0. The number of aromatic nitrogens is 3. The Bertz CT molecular complexity index is 1440. The summed E-state index contributed by atoms with van der Waals surface area (Å²) >= 11 is 0. The fraction of sp³-hybridized carbons (Fsp3) is 0.800. The maximum absolute atomic E-state index is 13.4. The van der Waals surface area contributed by atoms with Gasteiger partial charge in [-0.1, -0.05) is 13.3 Å². The molecule has 1 aliphatic heterocycles. The van der Waals surface area contributed by atoms with Crippen LogP contribution in [0.2, 0.25) is 0 Å². The minimum Gasteiger partial charge on any atom is -0.444 e. The second-order valence-corrected chi connectivity index (χ2v) is 14.9. The van der Waals surface area contributed by atoms with Gasteiger partial charge in [0.15, 0.2) is 0 Å². The van der Waals surface area contributed by atoms with E-state index in [2.05, 4.69) is 32.4 Å². The molecule has 3 heterocycles. The molecule has 4 N–H and O–H groups in total. The van der Waals surface area contributed by atoms with Crippen molar-refractivity contribution in [2.24, 2.45) is 5.92 Å². The van der Waals surface area contributed by atoms with Gasteiger partial charge in [-0.05, 0) is 65.1 Å². The summed E-state index contributed by atoms with van der Waals surface area (Å²) in [5.41, 5.74) is 5.89. The summed E-state index contributed by atoms with van der Waals surface area (Å²) in [5, 5.41) is 6.42. The van der Waals surface area contributed by atoms with Crippen LogP contribution in [-0.2, 0) is 49.2 Å². The predicted molar refractivity (Wildman–Crippen MR) is 222 cm³/mol. The number of fused-ring (bicyclic) bond motifs is 1. The van der Waals surface area contributed by atoms with Crippen LogP contribution in [0.25, 0.3) is 10.9 Å². The van der Waals surface area contributed by atoms with Gasteiger partial charge in [-0.15, -0.1) is 0 Å². The number of nitrogens with zero attached hydrogens (tertiary/aromatic N) is 4. The van der Waals surface area contributed by atoms with Crippen LogP contribution in [0, 0.1) is 5.92 Å². The van der Waals surface area contributed by atoms with Crippen molar-refractivity contribution in [1.29, 1.82) is 0 Å². The lowest BCUT2D eigenvalue weighted by molar-refractivity contribution is -0.0235. The maximum Gasteiger partial charge on any atom is 0.407 e. The quantitative estimate of drug-likeness (QED) is 0.0887. The smallest absolute Gasteiger partial charge is 0.407 e. The number of piperidine rings is 1. The number of rotatable bonds is 33. The molecular weight excluding hydrogens is 754 g/mol. The highest BCUT2D eigenvalue weighted by molar-refractivity contribution is 5.89. The highest BCUT2D eigenvalue weighted by Crippen LogP contribution is 2.21. The highest BCUT2D eigenvalue weighted by atomic mass is 16.6. The predicted octanol–water partition coefficient (Wildman–Crippen LogP) is 2.96. The molecule has 0 aliphatic carbocycles. The van der Waals surface area contributed by atoms with Gasteiger partial charge in [0.1, 0.15) is 16.8 Å². The Morgan fingerprint density at radius 1 is 0.759 bits per heavy atom. The van der Waals surface area contributed by atoms with Gasteiger partial charge in [0.25, 0.3) is 5.56 Å². The SMILES string of the molecule is CCCCNc1nc(N)nc2ccn(CC3CCN(CCOCCOCCOCCOCCOCCOCCOCCOCCNC(=O)OC(C)(C)C)CC3)c(=O)c12. The van der Waals surface area contributed by atoms with Crippen molar-refractivity contribution in [3.63, 3.8) is 0 Å². The second-order valence-electron chi connectivity index (χ2n) is 14.9. The molecule has 0 saturated carbocycles. The lowest BCUT2D eigenvalue weighted by atomic mass is 9.96. The molecule has 0 atom stereocenters. The molecule has 1 amide bonds. The Morgan fingerprint density at radius 3 is 1.76 bits per heavy atom. The fourth-order valence-electron chi connectivity index (χ4n) is 5.90. The monoisotopic (exact) mass is 826 g/mol.